The van der Waals surface area contributed by atoms with Gasteiger partial charge in [0.05, 0.1) is 5.69 Å². The van der Waals surface area contributed by atoms with Crippen LogP contribution in [0.15, 0.2) is 36.4 Å². The first-order chi connectivity index (χ1) is 11.1. The average Bonchev–Trinajstić information content (AvgIpc) is 2.58. The van der Waals surface area contributed by atoms with Crippen LogP contribution in [-0.4, -0.2) is 34.3 Å². The van der Waals surface area contributed by atoms with E-state index >= 15 is 0 Å². The zero-order chi connectivity index (χ0) is 16.2. The summed E-state index contributed by atoms with van der Waals surface area (Å²) < 4.78 is 0. The highest BCUT2D eigenvalue weighted by Crippen LogP contribution is 2.23. The molecule has 1 fully saturated rings. The van der Waals surface area contributed by atoms with Crippen LogP contribution in [0.5, 0.6) is 5.75 Å². The Hall–Kier alpha value is -2.63. The van der Waals surface area contributed by atoms with Crippen LogP contribution in [0.1, 0.15) is 18.5 Å². The van der Waals surface area contributed by atoms with Gasteiger partial charge in [0.2, 0.25) is 5.91 Å². The summed E-state index contributed by atoms with van der Waals surface area (Å²) in [6.07, 6.45) is 1.58. The second-order valence-electron chi connectivity index (χ2n) is 5.83. The van der Waals surface area contributed by atoms with Gasteiger partial charge in [0.15, 0.2) is 5.82 Å². The molecule has 1 aliphatic rings. The molecule has 1 saturated heterocycles. The Morgan fingerprint density at radius 2 is 1.83 bits per heavy atom. The van der Waals surface area contributed by atoms with E-state index in [-0.39, 0.29) is 17.6 Å². The number of benzene rings is 1. The molecule has 3 rings (SSSR count). The molecule has 0 atom stereocenters. The smallest absolute Gasteiger partial charge is 0.227 e. The van der Waals surface area contributed by atoms with Crippen LogP contribution in [0.25, 0.3) is 0 Å². The van der Waals surface area contributed by atoms with Gasteiger partial charge in [-0.1, -0.05) is 0 Å². The maximum absolute atomic E-state index is 12.3. The molecular formula is C17H20N4O2. The van der Waals surface area contributed by atoms with Crippen molar-refractivity contribution >= 4 is 17.4 Å². The van der Waals surface area contributed by atoms with E-state index in [9.17, 15) is 9.90 Å². The molecule has 120 valence electrons. The lowest BCUT2D eigenvalue weighted by molar-refractivity contribution is -0.120. The predicted molar refractivity (Wildman–Crippen MR) is 88.4 cm³/mol. The lowest BCUT2D eigenvalue weighted by Crippen LogP contribution is -2.38. The molecule has 6 nitrogen and oxygen atoms in total. The highest BCUT2D eigenvalue weighted by atomic mass is 16.3. The third kappa shape index (κ3) is 3.77. The summed E-state index contributed by atoms with van der Waals surface area (Å²) in [4.78, 5) is 14.5. The minimum atomic E-state index is -0.00143. The van der Waals surface area contributed by atoms with E-state index in [0.29, 0.717) is 5.69 Å². The van der Waals surface area contributed by atoms with Gasteiger partial charge in [0.1, 0.15) is 5.75 Å². The lowest BCUT2D eigenvalue weighted by atomic mass is 9.96. The van der Waals surface area contributed by atoms with Gasteiger partial charge in [-0.05, 0) is 56.2 Å². The summed E-state index contributed by atoms with van der Waals surface area (Å²) in [7, 11) is 0. The van der Waals surface area contributed by atoms with Crippen molar-refractivity contribution < 1.29 is 9.90 Å². The Balaban J connectivity index is 1.54. The second kappa shape index (κ2) is 6.64. The molecule has 1 aromatic carbocycles. The van der Waals surface area contributed by atoms with Gasteiger partial charge in [-0.3, -0.25) is 4.79 Å². The van der Waals surface area contributed by atoms with E-state index in [2.05, 4.69) is 20.4 Å². The fourth-order valence-corrected chi connectivity index (χ4v) is 2.72. The van der Waals surface area contributed by atoms with E-state index in [0.717, 1.165) is 37.4 Å². The van der Waals surface area contributed by atoms with Crippen LogP contribution >= 0.6 is 0 Å². The standard InChI is InChI=1S/C17H20N4O2/c1-12-2-7-16(20-19-12)21-10-8-13(9-11-21)17(23)18-14-3-5-15(22)6-4-14/h2-7,13,22H,8-11H2,1H3,(H,18,23). The molecule has 0 unspecified atom stereocenters. The summed E-state index contributed by atoms with van der Waals surface area (Å²) in [6, 6.07) is 10.4. The Morgan fingerprint density at radius 3 is 2.43 bits per heavy atom. The monoisotopic (exact) mass is 312 g/mol. The van der Waals surface area contributed by atoms with Gasteiger partial charge in [0.25, 0.3) is 0 Å². The van der Waals surface area contributed by atoms with E-state index in [1.54, 1.807) is 24.3 Å². The Bertz CT molecular complexity index is 662. The molecular weight excluding hydrogens is 292 g/mol. The number of phenolic OH excluding ortho intramolecular Hbond substituents is 1. The van der Waals surface area contributed by atoms with Crippen molar-refractivity contribution in [1.82, 2.24) is 10.2 Å². The van der Waals surface area contributed by atoms with Gasteiger partial charge in [-0.2, -0.15) is 5.10 Å². The number of hydrogen-bond acceptors (Lipinski definition) is 5. The number of nitrogens with zero attached hydrogens (tertiary/aromatic N) is 3. The number of rotatable bonds is 3. The molecule has 1 aliphatic heterocycles. The number of carbonyl (C=O) groups is 1. The number of amides is 1. The van der Waals surface area contributed by atoms with Crippen molar-refractivity contribution in [2.75, 3.05) is 23.3 Å². The number of carbonyl (C=O) groups excluding carboxylic acids is 1. The van der Waals surface area contributed by atoms with Crippen LogP contribution in [0, 0.1) is 12.8 Å². The molecule has 2 heterocycles. The van der Waals surface area contributed by atoms with Crippen LogP contribution in [-0.2, 0) is 4.79 Å². The molecule has 0 radical (unpaired) electrons. The zero-order valence-electron chi connectivity index (χ0n) is 13.1. The molecule has 0 saturated carbocycles. The molecule has 1 aromatic heterocycles. The van der Waals surface area contributed by atoms with Crippen LogP contribution < -0.4 is 10.2 Å². The molecule has 2 aromatic rings. The van der Waals surface area contributed by atoms with E-state index in [1.165, 1.54) is 0 Å². The number of anilines is 2. The van der Waals surface area contributed by atoms with Crippen LogP contribution in [0.3, 0.4) is 0 Å². The Kier molecular flexibility index (Phi) is 4.41. The summed E-state index contributed by atoms with van der Waals surface area (Å²) >= 11 is 0. The first kappa shape index (κ1) is 15.3. The van der Waals surface area contributed by atoms with E-state index in [4.69, 9.17) is 0 Å². The average molecular weight is 312 g/mol. The van der Waals surface area contributed by atoms with Crippen molar-refractivity contribution in [3.8, 4) is 5.75 Å². The molecule has 1 amide bonds. The first-order valence-corrected chi connectivity index (χ1v) is 7.77. The maximum atomic E-state index is 12.3. The Morgan fingerprint density at radius 1 is 1.13 bits per heavy atom. The van der Waals surface area contributed by atoms with E-state index < -0.39 is 0 Å². The summed E-state index contributed by atoms with van der Waals surface area (Å²) in [5.74, 6) is 1.09. The normalized spacial score (nSPS) is 15.4. The van der Waals surface area contributed by atoms with Crippen LogP contribution in [0.2, 0.25) is 0 Å². The van der Waals surface area contributed by atoms with Gasteiger partial charge in [-0.25, -0.2) is 0 Å². The number of hydrogen-bond donors (Lipinski definition) is 2. The molecule has 0 aliphatic carbocycles. The quantitative estimate of drug-likeness (QED) is 0.851. The zero-order valence-corrected chi connectivity index (χ0v) is 13.1. The third-order valence-corrected chi connectivity index (χ3v) is 4.11. The molecule has 6 heteroatoms. The first-order valence-electron chi connectivity index (χ1n) is 7.77. The minimum absolute atomic E-state index is 0.00143. The van der Waals surface area contributed by atoms with Gasteiger partial charge in [0, 0.05) is 24.7 Å². The highest BCUT2D eigenvalue weighted by molar-refractivity contribution is 5.92. The predicted octanol–water partition coefficient (Wildman–Crippen LogP) is 2.35. The Labute approximate surface area is 135 Å². The second-order valence-corrected chi connectivity index (χ2v) is 5.83. The van der Waals surface area contributed by atoms with Crippen LogP contribution in [0.4, 0.5) is 11.5 Å². The van der Waals surface area contributed by atoms with Crippen molar-refractivity contribution in [2.24, 2.45) is 5.92 Å². The number of phenols is 1. The van der Waals surface area contributed by atoms with Crippen molar-refractivity contribution in [3.05, 3.63) is 42.1 Å². The summed E-state index contributed by atoms with van der Waals surface area (Å²) in [5, 5.41) is 20.4. The fraction of sp³-hybridized carbons (Fsp3) is 0.353. The van der Waals surface area contributed by atoms with Gasteiger partial charge < -0.3 is 15.3 Å². The molecule has 0 spiro atoms. The molecule has 0 bridgehead atoms. The third-order valence-electron chi connectivity index (χ3n) is 4.11. The fourth-order valence-electron chi connectivity index (χ4n) is 2.72. The lowest BCUT2D eigenvalue weighted by Gasteiger charge is -2.31. The molecule has 23 heavy (non-hydrogen) atoms. The minimum Gasteiger partial charge on any atom is -0.508 e. The number of piperidine rings is 1. The van der Waals surface area contributed by atoms with Gasteiger partial charge >= 0.3 is 0 Å². The number of nitrogens with one attached hydrogen (secondary N) is 1. The summed E-state index contributed by atoms with van der Waals surface area (Å²) in [6.45, 7) is 3.51. The van der Waals surface area contributed by atoms with Crippen molar-refractivity contribution in [1.29, 1.82) is 0 Å². The van der Waals surface area contributed by atoms with Crippen molar-refractivity contribution in [2.45, 2.75) is 19.8 Å². The van der Waals surface area contributed by atoms with Gasteiger partial charge in [-0.15, -0.1) is 5.10 Å². The summed E-state index contributed by atoms with van der Waals surface area (Å²) in [5.41, 5.74) is 1.61. The number of aromatic nitrogens is 2. The number of aryl methyl sites for hydroxylation is 1. The van der Waals surface area contributed by atoms with E-state index in [1.807, 2.05) is 19.1 Å². The highest BCUT2D eigenvalue weighted by Gasteiger charge is 2.25. The largest absolute Gasteiger partial charge is 0.508 e. The molecule has 2 N–H and O–H groups in total. The van der Waals surface area contributed by atoms with Crippen molar-refractivity contribution in [3.63, 3.8) is 0 Å². The maximum Gasteiger partial charge on any atom is 0.227 e. The topological polar surface area (TPSA) is 78.4 Å². The number of aromatic hydroxyl groups is 1. The SMILES string of the molecule is Cc1ccc(N2CCC(C(=O)Nc3ccc(O)cc3)CC2)nn1.